The van der Waals surface area contributed by atoms with E-state index in [1.165, 1.54) is 36.4 Å². The number of benzene rings is 1. The Balaban J connectivity index is 1.45. The quantitative estimate of drug-likeness (QED) is 0.742. The van der Waals surface area contributed by atoms with E-state index >= 15 is 0 Å². The van der Waals surface area contributed by atoms with Crippen LogP contribution in [0.2, 0.25) is 0 Å². The molecule has 1 saturated heterocycles. The first-order chi connectivity index (χ1) is 12.5. The molecular weight excluding hydrogens is 368 g/mol. The molecule has 2 fully saturated rings. The summed E-state index contributed by atoms with van der Waals surface area (Å²) >= 11 is 1.78. The Kier molecular flexibility index (Phi) is 7.00. The SMILES string of the molecule is O=C(CSC1CCCCC1)N1CCN(S(=O)(=O)Cc2ccccc2)CC1. The molecule has 0 spiro atoms. The minimum absolute atomic E-state index is 0.0271. The smallest absolute Gasteiger partial charge is 0.232 e. The van der Waals surface area contributed by atoms with Crippen LogP contribution in [0, 0.1) is 0 Å². The Morgan fingerprint density at radius 2 is 1.65 bits per heavy atom. The van der Waals surface area contributed by atoms with Crippen LogP contribution in [0.5, 0.6) is 0 Å². The Bertz CT molecular complexity index is 680. The van der Waals surface area contributed by atoms with Crippen molar-refractivity contribution >= 4 is 27.7 Å². The second-order valence-corrected chi connectivity index (χ2v) is 10.4. The topological polar surface area (TPSA) is 57.7 Å². The summed E-state index contributed by atoms with van der Waals surface area (Å²) in [5.74, 6) is 0.710. The first kappa shape index (κ1) is 19.7. The van der Waals surface area contributed by atoms with E-state index in [2.05, 4.69) is 0 Å². The third-order valence-corrected chi connectivity index (χ3v) is 8.38. The molecule has 5 nitrogen and oxygen atoms in total. The Morgan fingerprint density at radius 1 is 1.00 bits per heavy atom. The van der Waals surface area contributed by atoms with Crippen molar-refractivity contribution in [3.63, 3.8) is 0 Å². The highest BCUT2D eigenvalue weighted by molar-refractivity contribution is 8.00. The predicted molar refractivity (Wildman–Crippen MR) is 107 cm³/mol. The molecule has 2 aliphatic rings. The molecule has 26 heavy (non-hydrogen) atoms. The summed E-state index contributed by atoms with van der Waals surface area (Å²) in [4.78, 5) is 14.2. The van der Waals surface area contributed by atoms with E-state index in [9.17, 15) is 13.2 Å². The van der Waals surface area contributed by atoms with E-state index in [1.807, 2.05) is 35.2 Å². The zero-order valence-corrected chi connectivity index (χ0v) is 16.8. The predicted octanol–water partition coefficient (Wildman–Crippen LogP) is 2.73. The molecule has 1 amide bonds. The molecule has 0 unspecified atom stereocenters. The largest absolute Gasteiger partial charge is 0.339 e. The number of sulfonamides is 1. The van der Waals surface area contributed by atoms with Crippen molar-refractivity contribution in [1.82, 2.24) is 9.21 Å². The molecule has 0 aromatic heterocycles. The van der Waals surface area contributed by atoms with Gasteiger partial charge in [0, 0.05) is 31.4 Å². The van der Waals surface area contributed by atoms with Crippen LogP contribution in [-0.4, -0.2) is 60.7 Å². The number of carbonyl (C=O) groups is 1. The van der Waals surface area contributed by atoms with Gasteiger partial charge >= 0.3 is 0 Å². The van der Waals surface area contributed by atoms with Gasteiger partial charge < -0.3 is 4.90 Å². The summed E-state index contributed by atoms with van der Waals surface area (Å²) in [6, 6.07) is 9.25. The van der Waals surface area contributed by atoms with E-state index in [-0.39, 0.29) is 11.7 Å². The lowest BCUT2D eigenvalue weighted by Gasteiger charge is -2.34. The number of nitrogens with zero attached hydrogens (tertiary/aromatic N) is 2. The van der Waals surface area contributed by atoms with Crippen LogP contribution in [0.25, 0.3) is 0 Å². The van der Waals surface area contributed by atoms with E-state index in [4.69, 9.17) is 0 Å². The van der Waals surface area contributed by atoms with Crippen molar-refractivity contribution in [2.24, 2.45) is 0 Å². The average molecular weight is 397 g/mol. The van der Waals surface area contributed by atoms with Gasteiger partial charge in [-0.25, -0.2) is 8.42 Å². The van der Waals surface area contributed by atoms with Crippen LogP contribution in [0.15, 0.2) is 30.3 Å². The van der Waals surface area contributed by atoms with Crippen LogP contribution >= 0.6 is 11.8 Å². The Morgan fingerprint density at radius 3 is 2.31 bits per heavy atom. The first-order valence-electron chi connectivity index (χ1n) is 9.46. The molecule has 1 aliphatic heterocycles. The lowest BCUT2D eigenvalue weighted by atomic mass is 10.0. The van der Waals surface area contributed by atoms with E-state index in [0.29, 0.717) is 37.2 Å². The number of piperazine rings is 1. The number of thioether (sulfide) groups is 1. The summed E-state index contributed by atoms with van der Waals surface area (Å²) in [5.41, 5.74) is 0.801. The number of amides is 1. The van der Waals surface area contributed by atoms with Crippen molar-refractivity contribution in [3.8, 4) is 0 Å². The maximum Gasteiger partial charge on any atom is 0.232 e. The van der Waals surface area contributed by atoms with Crippen molar-refractivity contribution in [2.75, 3.05) is 31.9 Å². The fourth-order valence-electron chi connectivity index (χ4n) is 3.60. The molecule has 1 aromatic rings. The maximum absolute atomic E-state index is 12.6. The lowest BCUT2D eigenvalue weighted by molar-refractivity contribution is -0.129. The summed E-state index contributed by atoms with van der Waals surface area (Å²) in [5, 5.41) is 0.625. The van der Waals surface area contributed by atoms with Gasteiger partial charge in [-0.3, -0.25) is 4.79 Å². The van der Waals surface area contributed by atoms with Gasteiger partial charge in [-0.05, 0) is 18.4 Å². The van der Waals surface area contributed by atoms with Gasteiger partial charge in [-0.1, -0.05) is 49.6 Å². The van der Waals surface area contributed by atoms with Gasteiger partial charge in [0.25, 0.3) is 0 Å². The van der Waals surface area contributed by atoms with Crippen LogP contribution in [-0.2, 0) is 20.6 Å². The minimum Gasteiger partial charge on any atom is -0.339 e. The molecule has 1 saturated carbocycles. The highest BCUT2D eigenvalue weighted by Gasteiger charge is 2.29. The molecule has 7 heteroatoms. The van der Waals surface area contributed by atoms with Crippen LogP contribution in [0.3, 0.4) is 0 Å². The van der Waals surface area contributed by atoms with Crippen molar-refractivity contribution in [2.45, 2.75) is 43.1 Å². The zero-order valence-electron chi connectivity index (χ0n) is 15.2. The van der Waals surface area contributed by atoms with E-state index in [0.717, 1.165) is 5.56 Å². The van der Waals surface area contributed by atoms with Crippen LogP contribution < -0.4 is 0 Å². The molecule has 1 heterocycles. The van der Waals surface area contributed by atoms with Gasteiger partial charge in [0.05, 0.1) is 11.5 Å². The molecule has 1 aliphatic carbocycles. The molecule has 0 atom stereocenters. The number of rotatable bonds is 6. The molecule has 1 aromatic carbocycles. The number of hydrogen-bond donors (Lipinski definition) is 0. The summed E-state index contributed by atoms with van der Waals surface area (Å²) in [6.07, 6.45) is 6.34. The molecule has 0 bridgehead atoms. The molecule has 144 valence electrons. The van der Waals surface area contributed by atoms with E-state index in [1.54, 1.807) is 11.8 Å². The highest BCUT2D eigenvalue weighted by atomic mass is 32.2. The van der Waals surface area contributed by atoms with Gasteiger partial charge in [0.15, 0.2) is 0 Å². The summed E-state index contributed by atoms with van der Waals surface area (Å²) in [6.45, 7) is 1.79. The van der Waals surface area contributed by atoms with Crippen molar-refractivity contribution in [1.29, 1.82) is 0 Å². The van der Waals surface area contributed by atoms with Gasteiger partial charge in [-0.15, -0.1) is 11.8 Å². The molecule has 3 rings (SSSR count). The monoisotopic (exact) mass is 396 g/mol. The Hall–Kier alpha value is -1.05. The summed E-state index contributed by atoms with van der Waals surface area (Å²) < 4.78 is 26.7. The lowest BCUT2D eigenvalue weighted by Crippen LogP contribution is -2.51. The first-order valence-corrected chi connectivity index (χ1v) is 12.1. The number of hydrogen-bond acceptors (Lipinski definition) is 4. The zero-order chi connectivity index (χ0) is 18.4. The maximum atomic E-state index is 12.6. The van der Waals surface area contributed by atoms with Crippen LogP contribution in [0.1, 0.15) is 37.7 Å². The van der Waals surface area contributed by atoms with Crippen molar-refractivity contribution in [3.05, 3.63) is 35.9 Å². The molecule has 0 radical (unpaired) electrons. The highest BCUT2D eigenvalue weighted by Crippen LogP contribution is 2.28. The third-order valence-electron chi connectivity index (χ3n) is 5.17. The van der Waals surface area contributed by atoms with Crippen LogP contribution in [0.4, 0.5) is 0 Å². The fraction of sp³-hybridized carbons (Fsp3) is 0.632. The second-order valence-electron chi connectivity index (χ2n) is 7.09. The van der Waals surface area contributed by atoms with E-state index < -0.39 is 10.0 Å². The third kappa shape index (κ3) is 5.47. The normalized spacial score (nSPS) is 20.2. The van der Waals surface area contributed by atoms with Gasteiger partial charge in [0.1, 0.15) is 0 Å². The number of carbonyl (C=O) groups excluding carboxylic acids is 1. The van der Waals surface area contributed by atoms with Gasteiger partial charge in [-0.2, -0.15) is 4.31 Å². The Labute approximate surface area is 161 Å². The standard InChI is InChI=1S/C19H28N2O3S2/c22-19(15-25-18-9-5-2-6-10-18)20-11-13-21(14-12-20)26(23,24)16-17-7-3-1-4-8-17/h1,3-4,7-8,18H,2,5-6,9-16H2. The molecular formula is C19H28N2O3S2. The van der Waals surface area contributed by atoms with Gasteiger partial charge in [0.2, 0.25) is 15.9 Å². The molecule has 0 N–H and O–H groups in total. The van der Waals surface area contributed by atoms with Crippen molar-refractivity contribution < 1.29 is 13.2 Å². The summed E-state index contributed by atoms with van der Waals surface area (Å²) in [7, 11) is -3.32. The second kappa shape index (κ2) is 9.24. The minimum atomic E-state index is -3.32. The fourth-order valence-corrected chi connectivity index (χ4v) is 6.35. The average Bonchev–Trinajstić information content (AvgIpc) is 2.67.